The molecular weight excluding hydrogens is 326 g/mol. The summed E-state index contributed by atoms with van der Waals surface area (Å²) in [5.74, 6) is 0.230. The highest BCUT2D eigenvalue weighted by Crippen LogP contribution is 2.23. The molecule has 0 spiro atoms. The maximum absolute atomic E-state index is 12.3. The van der Waals surface area contributed by atoms with Gasteiger partial charge in [0.1, 0.15) is 0 Å². The molecule has 0 aliphatic carbocycles. The zero-order valence-electron chi connectivity index (χ0n) is 13.8. The van der Waals surface area contributed by atoms with E-state index in [-0.39, 0.29) is 12.4 Å². The summed E-state index contributed by atoms with van der Waals surface area (Å²) in [6.07, 6.45) is 4.01. The molecule has 1 unspecified atom stereocenters. The lowest BCUT2D eigenvalue weighted by Gasteiger charge is -2.20. The van der Waals surface area contributed by atoms with Crippen LogP contribution < -0.4 is 5.73 Å². The standard InChI is InChI=1S/C18H25NO2S2/c1-13-9-11-22-16(13)5-3-4-15(21)17-7-6-14(23-17)8-10-18(2,19)12-20/h6-7,9,11,20H,3-5,8,10,12,19H2,1-2H3. The summed E-state index contributed by atoms with van der Waals surface area (Å²) in [7, 11) is 0. The lowest BCUT2D eigenvalue weighted by molar-refractivity contribution is 0.0984. The lowest BCUT2D eigenvalue weighted by Crippen LogP contribution is -2.40. The van der Waals surface area contributed by atoms with Crippen LogP contribution in [0.2, 0.25) is 0 Å². The molecule has 3 nitrogen and oxygen atoms in total. The van der Waals surface area contributed by atoms with E-state index in [0.717, 1.165) is 35.4 Å². The Balaban J connectivity index is 1.80. The van der Waals surface area contributed by atoms with Gasteiger partial charge in [-0.3, -0.25) is 4.79 Å². The second-order valence-corrected chi connectivity index (χ2v) is 8.55. The van der Waals surface area contributed by atoms with Crippen LogP contribution in [0.15, 0.2) is 23.6 Å². The summed E-state index contributed by atoms with van der Waals surface area (Å²) < 4.78 is 0. The van der Waals surface area contributed by atoms with Crippen molar-refractivity contribution in [3.8, 4) is 0 Å². The van der Waals surface area contributed by atoms with Crippen LogP contribution in [-0.4, -0.2) is 23.0 Å². The van der Waals surface area contributed by atoms with E-state index in [4.69, 9.17) is 5.73 Å². The summed E-state index contributed by atoms with van der Waals surface area (Å²) >= 11 is 3.33. The highest BCUT2D eigenvalue weighted by molar-refractivity contribution is 7.14. The van der Waals surface area contributed by atoms with E-state index in [9.17, 15) is 9.90 Å². The minimum absolute atomic E-state index is 0.0215. The number of nitrogens with two attached hydrogens (primary N) is 1. The predicted molar refractivity (Wildman–Crippen MR) is 98.6 cm³/mol. The van der Waals surface area contributed by atoms with Gasteiger partial charge in [-0.15, -0.1) is 22.7 Å². The molecule has 0 aliphatic rings. The Kier molecular flexibility index (Phi) is 6.53. The van der Waals surface area contributed by atoms with Gasteiger partial charge in [0.05, 0.1) is 11.5 Å². The Morgan fingerprint density at radius 2 is 2.09 bits per heavy atom. The first-order valence-electron chi connectivity index (χ1n) is 7.96. The van der Waals surface area contributed by atoms with Gasteiger partial charge in [0.15, 0.2) is 5.78 Å². The number of thiophene rings is 2. The van der Waals surface area contributed by atoms with Gasteiger partial charge in [-0.2, -0.15) is 0 Å². The molecule has 1 atom stereocenters. The molecule has 3 N–H and O–H groups in total. The molecule has 0 fully saturated rings. The first-order chi connectivity index (χ1) is 10.9. The fraction of sp³-hybridized carbons (Fsp3) is 0.500. The van der Waals surface area contributed by atoms with Crippen LogP contribution in [0.3, 0.4) is 0 Å². The van der Waals surface area contributed by atoms with Crippen molar-refractivity contribution in [3.63, 3.8) is 0 Å². The molecule has 0 bridgehead atoms. The minimum Gasteiger partial charge on any atom is -0.394 e. The smallest absolute Gasteiger partial charge is 0.172 e. The van der Waals surface area contributed by atoms with E-state index < -0.39 is 5.54 Å². The maximum Gasteiger partial charge on any atom is 0.172 e. The second-order valence-electron chi connectivity index (χ2n) is 6.38. The number of hydrogen-bond acceptors (Lipinski definition) is 5. The van der Waals surface area contributed by atoms with E-state index in [1.165, 1.54) is 10.4 Å². The van der Waals surface area contributed by atoms with Gasteiger partial charge in [0.2, 0.25) is 0 Å². The number of carbonyl (C=O) groups excluding carboxylic acids is 1. The Labute approximate surface area is 146 Å². The van der Waals surface area contributed by atoms with Gasteiger partial charge in [-0.05, 0) is 68.7 Å². The number of aliphatic hydroxyl groups is 1. The first-order valence-corrected chi connectivity index (χ1v) is 9.65. The number of aryl methyl sites for hydroxylation is 3. The van der Waals surface area contributed by atoms with Crippen LogP contribution in [0.5, 0.6) is 0 Å². The average Bonchev–Trinajstić information content (AvgIpc) is 3.15. The SMILES string of the molecule is Cc1ccsc1CCCC(=O)c1ccc(CCC(C)(N)CO)s1. The summed E-state index contributed by atoms with van der Waals surface area (Å²) in [5.41, 5.74) is 6.72. The number of Topliss-reactive ketones (excluding diaryl/α,β-unsaturated/α-hetero) is 1. The summed E-state index contributed by atoms with van der Waals surface area (Å²) in [6, 6.07) is 6.06. The van der Waals surface area contributed by atoms with E-state index >= 15 is 0 Å². The molecule has 0 saturated carbocycles. The van der Waals surface area contributed by atoms with Crippen molar-refractivity contribution in [2.45, 2.75) is 51.5 Å². The molecule has 0 aliphatic heterocycles. The predicted octanol–water partition coefficient (Wildman–Crippen LogP) is 3.97. The van der Waals surface area contributed by atoms with Gasteiger partial charge in [-0.1, -0.05) is 0 Å². The normalized spacial score (nSPS) is 13.9. The van der Waals surface area contributed by atoms with Gasteiger partial charge in [0.25, 0.3) is 0 Å². The number of aliphatic hydroxyl groups excluding tert-OH is 1. The summed E-state index contributed by atoms with van der Waals surface area (Å²) in [4.78, 5) is 15.7. The van der Waals surface area contributed by atoms with Crippen LogP contribution in [0.25, 0.3) is 0 Å². The van der Waals surface area contributed by atoms with Gasteiger partial charge >= 0.3 is 0 Å². The van der Waals surface area contributed by atoms with Crippen molar-refractivity contribution >= 4 is 28.5 Å². The van der Waals surface area contributed by atoms with Gasteiger partial charge in [0, 0.05) is 21.7 Å². The zero-order valence-corrected chi connectivity index (χ0v) is 15.4. The van der Waals surface area contributed by atoms with Crippen molar-refractivity contribution in [2.75, 3.05) is 6.61 Å². The summed E-state index contributed by atoms with van der Waals surface area (Å²) in [5, 5.41) is 11.3. The molecule has 2 aromatic rings. The largest absolute Gasteiger partial charge is 0.394 e. The topological polar surface area (TPSA) is 63.3 Å². The molecule has 0 radical (unpaired) electrons. The van der Waals surface area contributed by atoms with E-state index in [0.29, 0.717) is 6.42 Å². The van der Waals surface area contributed by atoms with Crippen molar-refractivity contribution in [1.29, 1.82) is 0 Å². The fourth-order valence-corrected chi connectivity index (χ4v) is 4.27. The van der Waals surface area contributed by atoms with Crippen LogP contribution in [-0.2, 0) is 12.8 Å². The molecule has 23 heavy (non-hydrogen) atoms. The Hall–Kier alpha value is -1.01. The zero-order chi connectivity index (χ0) is 16.9. The van der Waals surface area contributed by atoms with E-state index in [1.54, 1.807) is 22.7 Å². The first kappa shape index (κ1) is 18.3. The van der Waals surface area contributed by atoms with E-state index in [2.05, 4.69) is 18.4 Å². The average molecular weight is 352 g/mol. The monoisotopic (exact) mass is 351 g/mol. The van der Waals surface area contributed by atoms with Crippen LogP contribution in [0.1, 0.15) is 51.2 Å². The highest BCUT2D eigenvalue weighted by Gasteiger charge is 2.17. The third kappa shape index (κ3) is 5.53. The van der Waals surface area contributed by atoms with Crippen molar-refractivity contribution in [2.24, 2.45) is 5.73 Å². The molecular formula is C18H25NO2S2. The molecule has 0 amide bonds. The molecule has 0 aromatic carbocycles. The number of ketones is 1. The van der Waals surface area contributed by atoms with Gasteiger partial charge in [-0.25, -0.2) is 0 Å². The number of rotatable bonds is 9. The quantitative estimate of drug-likeness (QED) is 0.672. The Morgan fingerprint density at radius 3 is 2.74 bits per heavy atom. The minimum atomic E-state index is -0.549. The Bertz CT molecular complexity index is 643. The molecule has 2 aromatic heterocycles. The lowest BCUT2D eigenvalue weighted by atomic mass is 9.98. The third-order valence-electron chi connectivity index (χ3n) is 4.02. The molecule has 5 heteroatoms. The van der Waals surface area contributed by atoms with Crippen LogP contribution in [0, 0.1) is 6.92 Å². The molecule has 2 rings (SSSR count). The fourth-order valence-electron chi connectivity index (χ4n) is 2.34. The van der Waals surface area contributed by atoms with Crippen molar-refractivity contribution < 1.29 is 9.90 Å². The van der Waals surface area contributed by atoms with Crippen LogP contribution in [0.4, 0.5) is 0 Å². The van der Waals surface area contributed by atoms with Crippen LogP contribution >= 0.6 is 22.7 Å². The third-order valence-corrected chi connectivity index (χ3v) is 6.28. The Morgan fingerprint density at radius 1 is 1.30 bits per heavy atom. The molecule has 2 heterocycles. The molecule has 0 saturated heterocycles. The maximum atomic E-state index is 12.3. The highest BCUT2D eigenvalue weighted by atomic mass is 32.1. The number of carbonyl (C=O) groups is 1. The van der Waals surface area contributed by atoms with Gasteiger partial charge < -0.3 is 10.8 Å². The van der Waals surface area contributed by atoms with Crippen molar-refractivity contribution in [1.82, 2.24) is 0 Å². The second kappa shape index (κ2) is 8.20. The number of hydrogen-bond donors (Lipinski definition) is 2. The van der Waals surface area contributed by atoms with Crippen molar-refractivity contribution in [3.05, 3.63) is 43.8 Å². The summed E-state index contributed by atoms with van der Waals surface area (Å²) in [6.45, 7) is 3.95. The van der Waals surface area contributed by atoms with E-state index in [1.807, 2.05) is 19.1 Å². The molecule has 126 valence electrons.